The Labute approximate surface area is 193 Å². The van der Waals surface area contributed by atoms with Crippen LogP contribution < -0.4 is 4.74 Å². The van der Waals surface area contributed by atoms with Gasteiger partial charge in [-0.2, -0.15) is 0 Å². The summed E-state index contributed by atoms with van der Waals surface area (Å²) in [5, 5.41) is 21.3. The molecule has 2 unspecified atom stereocenters. The van der Waals surface area contributed by atoms with Gasteiger partial charge >= 0.3 is 0 Å². The molecule has 2 atom stereocenters. The van der Waals surface area contributed by atoms with Gasteiger partial charge in [-0.25, -0.2) is 0 Å². The maximum Gasteiger partial charge on any atom is 0.130 e. The summed E-state index contributed by atoms with van der Waals surface area (Å²) in [5.41, 5.74) is 4.11. The molecule has 1 heterocycles. The Morgan fingerprint density at radius 1 is 0.719 bits per heavy atom. The Balaban J connectivity index is 1.61. The lowest BCUT2D eigenvalue weighted by Crippen LogP contribution is -2.13. The minimum absolute atomic E-state index is 0.445. The van der Waals surface area contributed by atoms with Gasteiger partial charge in [-0.05, 0) is 126 Å². The SMILES string of the molecule is CN(C)CCCCC(O)c1ccc2c(c1)Cc1cc(C(O)CCCCN(C)C)ccc1O2. The van der Waals surface area contributed by atoms with E-state index < -0.39 is 12.2 Å². The minimum atomic E-state index is -0.445. The van der Waals surface area contributed by atoms with Crippen molar-refractivity contribution in [2.24, 2.45) is 0 Å². The first-order valence-corrected chi connectivity index (χ1v) is 11.9. The minimum Gasteiger partial charge on any atom is -0.457 e. The van der Waals surface area contributed by atoms with Gasteiger partial charge in [0.2, 0.25) is 0 Å². The van der Waals surface area contributed by atoms with Crippen LogP contribution in [0.15, 0.2) is 36.4 Å². The topological polar surface area (TPSA) is 56.2 Å². The summed E-state index contributed by atoms with van der Waals surface area (Å²) in [6.07, 6.45) is 5.60. The van der Waals surface area contributed by atoms with E-state index in [9.17, 15) is 10.2 Å². The van der Waals surface area contributed by atoms with Gasteiger partial charge < -0.3 is 24.7 Å². The zero-order chi connectivity index (χ0) is 23.1. The van der Waals surface area contributed by atoms with Gasteiger partial charge in [0, 0.05) is 6.42 Å². The van der Waals surface area contributed by atoms with Crippen LogP contribution in [-0.2, 0) is 6.42 Å². The van der Waals surface area contributed by atoms with E-state index in [-0.39, 0.29) is 0 Å². The van der Waals surface area contributed by atoms with Crippen molar-refractivity contribution in [2.45, 2.75) is 57.2 Å². The van der Waals surface area contributed by atoms with Crippen molar-refractivity contribution in [3.63, 3.8) is 0 Å². The molecule has 0 bridgehead atoms. The van der Waals surface area contributed by atoms with Gasteiger partial charge in [0.15, 0.2) is 0 Å². The average Bonchev–Trinajstić information content (AvgIpc) is 2.76. The van der Waals surface area contributed by atoms with Crippen LogP contribution >= 0.6 is 0 Å². The van der Waals surface area contributed by atoms with Gasteiger partial charge in [-0.3, -0.25) is 0 Å². The van der Waals surface area contributed by atoms with Crippen LogP contribution in [0, 0.1) is 0 Å². The molecule has 0 radical (unpaired) electrons. The van der Waals surface area contributed by atoms with E-state index in [2.05, 4.69) is 50.1 Å². The van der Waals surface area contributed by atoms with Crippen molar-refractivity contribution in [3.05, 3.63) is 58.7 Å². The van der Waals surface area contributed by atoms with E-state index >= 15 is 0 Å². The largest absolute Gasteiger partial charge is 0.457 e. The fraction of sp³-hybridized carbons (Fsp3) is 0.556. The second-order valence-electron chi connectivity index (χ2n) is 9.64. The van der Waals surface area contributed by atoms with E-state index in [0.29, 0.717) is 0 Å². The van der Waals surface area contributed by atoms with Gasteiger partial charge in [0.1, 0.15) is 11.5 Å². The summed E-state index contributed by atoms with van der Waals surface area (Å²) in [4.78, 5) is 4.35. The number of benzene rings is 2. The Morgan fingerprint density at radius 3 is 1.56 bits per heavy atom. The van der Waals surface area contributed by atoms with E-state index in [0.717, 1.165) is 91.8 Å². The maximum absolute atomic E-state index is 10.6. The molecule has 32 heavy (non-hydrogen) atoms. The van der Waals surface area contributed by atoms with Crippen molar-refractivity contribution in [1.29, 1.82) is 0 Å². The number of hydrogen-bond donors (Lipinski definition) is 2. The van der Waals surface area contributed by atoms with Crippen LogP contribution in [0.2, 0.25) is 0 Å². The Kier molecular flexibility index (Phi) is 9.11. The summed E-state index contributed by atoms with van der Waals surface area (Å²) in [6.45, 7) is 2.09. The van der Waals surface area contributed by atoms with Crippen LogP contribution in [0.25, 0.3) is 0 Å². The molecule has 0 saturated heterocycles. The predicted molar refractivity (Wildman–Crippen MR) is 130 cm³/mol. The van der Waals surface area contributed by atoms with E-state index in [1.807, 2.05) is 24.3 Å². The molecule has 5 nitrogen and oxygen atoms in total. The molecule has 1 aliphatic rings. The highest BCUT2D eigenvalue weighted by atomic mass is 16.5. The third-order valence-electron chi connectivity index (χ3n) is 6.21. The summed E-state index contributed by atoms with van der Waals surface area (Å²) >= 11 is 0. The second kappa shape index (κ2) is 11.8. The van der Waals surface area contributed by atoms with Gasteiger partial charge in [-0.1, -0.05) is 12.1 Å². The van der Waals surface area contributed by atoms with Crippen LogP contribution in [0.5, 0.6) is 11.5 Å². The third-order valence-corrected chi connectivity index (χ3v) is 6.21. The monoisotopic (exact) mass is 440 g/mol. The summed E-state index contributed by atoms with van der Waals surface area (Å²) < 4.78 is 6.12. The first-order chi connectivity index (χ1) is 15.3. The molecular formula is C27H40N2O3. The molecule has 0 spiro atoms. The Bertz CT molecular complexity index is 796. The van der Waals surface area contributed by atoms with E-state index in [1.54, 1.807) is 0 Å². The van der Waals surface area contributed by atoms with Crippen LogP contribution in [0.1, 0.15) is 73.0 Å². The Hall–Kier alpha value is -1.92. The standard InChI is InChI=1S/C27H40N2O3/c1-28(2)15-7-5-9-24(30)20-11-13-26-22(17-20)19-23-18-21(12-14-27(23)32-26)25(31)10-6-8-16-29(3)4/h11-14,17-18,24-25,30-31H,5-10,15-16,19H2,1-4H3. The van der Waals surface area contributed by atoms with Crippen molar-refractivity contribution in [1.82, 2.24) is 9.80 Å². The van der Waals surface area contributed by atoms with Crippen molar-refractivity contribution in [3.8, 4) is 11.5 Å². The summed E-state index contributed by atoms with van der Waals surface area (Å²) in [5.74, 6) is 1.72. The first kappa shape index (κ1) is 24.7. The number of nitrogens with zero attached hydrogens (tertiary/aromatic N) is 2. The smallest absolute Gasteiger partial charge is 0.130 e. The van der Waals surface area contributed by atoms with Crippen molar-refractivity contribution >= 4 is 0 Å². The molecule has 176 valence electrons. The highest BCUT2D eigenvalue weighted by molar-refractivity contribution is 5.52. The van der Waals surface area contributed by atoms with Gasteiger partial charge in [0.05, 0.1) is 12.2 Å². The zero-order valence-electron chi connectivity index (χ0n) is 20.2. The summed E-state index contributed by atoms with van der Waals surface area (Å²) in [7, 11) is 8.31. The lowest BCUT2D eigenvalue weighted by Gasteiger charge is -2.23. The molecule has 0 saturated carbocycles. The molecule has 1 aliphatic heterocycles. The third kappa shape index (κ3) is 7.04. The van der Waals surface area contributed by atoms with Gasteiger partial charge in [-0.15, -0.1) is 0 Å². The number of hydrogen-bond acceptors (Lipinski definition) is 5. The van der Waals surface area contributed by atoms with Crippen LogP contribution in [0.3, 0.4) is 0 Å². The second-order valence-corrected chi connectivity index (χ2v) is 9.64. The molecule has 0 aromatic heterocycles. The van der Waals surface area contributed by atoms with Gasteiger partial charge in [0.25, 0.3) is 0 Å². The first-order valence-electron chi connectivity index (χ1n) is 11.9. The van der Waals surface area contributed by atoms with Crippen molar-refractivity contribution < 1.29 is 14.9 Å². The number of rotatable bonds is 12. The molecule has 0 fully saturated rings. The molecule has 2 aromatic rings. The molecule has 0 aliphatic carbocycles. The summed E-state index contributed by atoms with van der Waals surface area (Å²) in [6, 6.07) is 12.1. The number of ether oxygens (including phenoxy) is 1. The molecule has 0 amide bonds. The molecule has 5 heteroatoms. The predicted octanol–water partition coefficient (Wildman–Crippen LogP) is 4.91. The highest BCUT2D eigenvalue weighted by Crippen LogP contribution is 2.39. The van der Waals surface area contributed by atoms with E-state index in [1.165, 1.54) is 0 Å². The number of aliphatic hydroxyl groups excluding tert-OH is 2. The molecule has 3 rings (SSSR count). The number of aliphatic hydroxyl groups is 2. The van der Waals surface area contributed by atoms with E-state index in [4.69, 9.17) is 4.74 Å². The number of fused-ring (bicyclic) bond motifs is 2. The van der Waals surface area contributed by atoms with Crippen molar-refractivity contribution in [2.75, 3.05) is 41.3 Å². The molecular weight excluding hydrogens is 400 g/mol. The zero-order valence-corrected chi connectivity index (χ0v) is 20.2. The van der Waals surface area contributed by atoms with Crippen LogP contribution in [-0.4, -0.2) is 61.3 Å². The highest BCUT2D eigenvalue weighted by Gasteiger charge is 2.20. The quantitative estimate of drug-likeness (QED) is 0.392. The fourth-order valence-corrected chi connectivity index (χ4v) is 4.28. The lowest BCUT2D eigenvalue weighted by molar-refractivity contribution is 0.162. The fourth-order valence-electron chi connectivity index (χ4n) is 4.28. The number of unbranched alkanes of at least 4 members (excludes halogenated alkanes) is 2. The maximum atomic E-state index is 10.6. The normalized spacial score (nSPS) is 14.8. The van der Waals surface area contributed by atoms with Crippen LogP contribution in [0.4, 0.5) is 0 Å². The molecule has 2 aromatic carbocycles. The molecule has 2 N–H and O–H groups in total. The Morgan fingerprint density at radius 2 is 1.16 bits per heavy atom. The average molecular weight is 441 g/mol. The lowest BCUT2D eigenvalue weighted by atomic mass is 9.93.